The minimum atomic E-state index is -0.0630. The molecule has 0 spiro atoms. The second-order valence-corrected chi connectivity index (χ2v) is 4.89. The van der Waals surface area contributed by atoms with Gasteiger partial charge < -0.3 is 9.80 Å². The number of piperidine rings is 1. The molecule has 0 saturated carbocycles. The quantitative estimate of drug-likeness (QED) is 0.623. The van der Waals surface area contributed by atoms with Crippen LogP contribution >= 0.6 is 0 Å². The number of rotatable bonds is 1. The minimum absolute atomic E-state index is 0.0630. The van der Waals surface area contributed by atoms with Gasteiger partial charge in [0.05, 0.1) is 6.54 Å². The first-order valence-electron chi connectivity index (χ1n) is 6.41. The van der Waals surface area contributed by atoms with E-state index in [-0.39, 0.29) is 11.9 Å². The topological polar surface area (TPSA) is 60.0 Å². The number of piperazine rings is 1. The number of nitrogens with one attached hydrogen (secondary N) is 2. The van der Waals surface area contributed by atoms with E-state index in [9.17, 15) is 4.79 Å². The molecule has 3 aliphatic heterocycles. The molecule has 6 heteroatoms. The van der Waals surface area contributed by atoms with Gasteiger partial charge in [-0.2, -0.15) is 5.10 Å². The number of hydrogen-bond donors (Lipinski definition) is 2. The third kappa shape index (κ3) is 2.09. The fourth-order valence-corrected chi connectivity index (χ4v) is 2.69. The van der Waals surface area contributed by atoms with Gasteiger partial charge in [-0.1, -0.05) is 0 Å². The van der Waals surface area contributed by atoms with Gasteiger partial charge >= 0.3 is 0 Å². The number of fused-ring (bicyclic) bond motifs is 1. The maximum atomic E-state index is 12.3. The maximum Gasteiger partial charge on any atom is 0.241 e. The van der Waals surface area contributed by atoms with E-state index in [2.05, 4.69) is 20.7 Å². The molecule has 1 amide bonds. The molecule has 2 fully saturated rings. The summed E-state index contributed by atoms with van der Waals surface area (Å²) in [6.07, 6.45) is 3.56. The summed E-state index contributed by atoms with van der Waals surface area (Å²) in [6, 6.07) is -0.0630. The van der Waals surface area contributed by atoms with Crippen LogP contribution in [0.15, 0.2) is 5.10 Å². The molecule has 1 unspecified atom stereocenters. The third-order valence-corrected chi connectivity index (χ3v) is 3.71. The summed E-state index contributed by atoms with van der Waals surface area (Å²) < 4.78 is 0. The molecule has 94 valence electrons. The number of carbonyl (C=O) groups is 1. The summed E-state index contributed by atoms with van der Waals surface area (Å²) in [5, 5.41) is 7.45. The van der Waals surface area contributed by atoms with Gasteiger partial charge in [0, 0.05) is 19.6 Å². The highest BCUT2D eigenvalue weighted by Crippen LogP contribution is 2.12. The lowest BCUT2D eigenvalue weighted by atomic mass is 10.1. The summed E-state index contributed by atoms with van der Waals surface area (Å²) in [5.74, 6) is 1.28. The minimum Gasteiger partial charge on any atom is -0.341 e. The van der Waals surface area contributed by atoms with Crippen LogP contribution in [0.2, 0.25) is 0 Å². The van der Waals surface area contributed by atoms with Crippen molar-refractivity contribution in [3.63, 3.8) is 0 Å². The number of hydrazone groups is 1. The Hall–Kier alpha value is -1.30. The van der Waals surface area contributed by atoms with Crippen molar-refractivity contribution in [1.29, 1.82) is 0 Å². The summed E-state index contributed by atoms with van der Waals surface area (Å²) >= 11 is 0. The Bertz CT molecular complexity index is 337. The standard InChI is InChI=1S/C11H19N5O/c17-11(15-4-2-1-3-5-15)9-7-16-8-13-14-10(16)6-12-9/h9,12-13H,1-8H2. The highest BCUT2D eigenvalue weighted by Gasteiger charge is 2.33. The van der Waals surface area contributed by atoms with Crippen LogP contribution in [0, 0.1) is 0 Å². The predicted octanol–water partition coefficient (Wildman–Crippen LogP) is -0.853. The van der Waals surface area contributed by atoms with E-state index in [0.29, 0.717) is 6.54 Å². The molecule has 0 radical (unpaired) electrons. The van der Waals surface area contributed by atoms with Crippen LogP contribution in [0.3, 0.4) is 0 Å². The number of nitrogens with zero attached hydrogens (tertiary/aromatic N) is 3. The summed E-state index contributed by atoms with van der Waals surface area (Å²) in [6.45, 7) is 4.02. The van der Waals surface area contributed by atoms with Gasteiger partial charge in [0.1, 0.15) is 18.5 Å². The predicted molar refractivity (Wildman–Crippen MR) is 64.4 cm³/mol. The number of amides is 1. The Morgan fingerprint density at radius 3 is 2.94 bits per heavy atom. The molecule has 6 nitrogen and oxygen atoms in total. The van der Waals surface area contributed by atoms with Crippen LogP contribution in [0.4, 0.5) is 0 Å². The highest BCUT2D eigenvalue weighted by molar-refractivity contribution is 5.90. The fourth-order valence-electron chi connectivity index (χ4n) is 2.69. The van der Waals surface area contributed by atoms with Crippen LogP contribution in [0.25, 0.3) is 0 Å². The van der Waals surface area contributed by atoms with E-state index in [1.807, 2.05) is 4.90 Å². The highest BCUT2D eigenvalue weighted by atomic mass is 16.2. The smallest absolute Gasteiger partial charge is 0.241 e. The van der Waals surface area contributed by atoms with E-state index in [1.165, 1.54) is 6.42 Å². The van der Waals surface area contributed by atoms with E-state index < -0.39 is 0 Å². The van der Waals surface area contributed by atoms with Crippen LogP contribution in [-0.4, -0.2) is 60.4 Å². The van der Waals surface area contributed by atoms with Crippen molar-refractivity contribution < 1.29 is 4.79 Å². The number of likely N-dealkylation sites (tertiary alicyclic amines) is 1. The Morgan fingerprint density at radius 1 is 1.29 bits per heavy atom. The van der Waals surface area contributed by atoms with Crippen LogP contribution in [0.5, 0.6) is 0 Å². The Labute approximate surface area is 101 Å². The first-order chi connectivity index (χ1) is 8.34. The lowest BCUT2D eigenvalue weighted by molar-refractivity contribution is -0.134. The zero-order chi connectivity index (χ0) is 11.7. The molecular formula is C11H19N5O. The summed E-state index contributed by atoms with van der Waals surface area (Å²) in [5.41, 5.74) is 2.95. The van der Waals surface area contributed by atoms with E-state index in [1.54, 1.807) is 0 Å². The zero-order valence-electron chi connectivity index (χ0n) is 9.98. The first kappa shape index (κ1) is 10.8. The van der Waals surface area contributed by atoms with Crippen molar-refractivity contribution in [2.24, 2.45) is 5.10 Å². The number of hydrogen-bond acceptors (Lipinski definition) is 5. The monoisotopic (exact) mass is 237 g/mol. The van der Waals surface area contributed by atoms with Crippen molar-refractivity contribution in [1.82, 2.24) is 20.5 Å². The van der Waals surface area contributed by atoms with Crippen LogP contribution < -0.4 is 10.7 Å². The zero-order valence-corrected chi connectivity index (χ0v) is 9.98. The van der Waals surface area contributed by atoms with Crippen molar-refractivity contribution in [2.75, 3.05) is 32.8 Å². The lowest BCUT2D eigenvalue weighted by Gasteiger charge is -2.35. The fraction of sp³-hybridized carbons (Fsp3) is 0.818. The Morgan fingerprint density at radius 2 is 2.12 bits per heavy atom. The molecule has 0 aromatic heterocycles. The largest absolute Gasteiger partial charge is 0.341 e. The van der Waals surface area contributed by atoms with Crippen molar-refractivity contribution in [3.8, 4) is 0 Å². The molecule has 3 rings (SSSR count). The van der Waals surface area contributed by atoms with Crippen LogP contribution in [-0.2, 0) is 4.79 Å². The summed E-state index contributed by atoms with van der Waals surface area (Å²) in [4.78, 5) is 16.5. The van der Waals surface area contributed by atoms with E-state index >= 15 is 0 Å². The van der Waals surface area contributed by atoms with E-state index in [4.69, 9.17) is 0 Å². The van der Waals surface area contributed by atoms with Gasteiger partial charge in [0.2, 0.25) is 5.91 Å². The van der Waals surface area contributed by atoms with Gasteiger partial charge in [-0.15, -0.1) is 0 Å². The van der Waals surface area contributed by atoms with E-state index in [0.717, 1.165) is 45.0 Å². The molecular weight excluding hydrogens is 218 g/mol. The van der Waals surface area contributed by atoms with Gasteiger partial charge in [-0.3, -0.25) is 15.5 Å². The molecule has 17 heavy (non-hydrogen) atoms. The van der Waals surface area contributed by atoms with Gasteiger partial charge in [-0.05, 0) is 19.3 Å². The van der Waals surface area contributed by atoms with Crippen molar-refractivity contribution in [3.05, 3.63) is 0 Å². The van der Waals surface area contributed by atoms with Crippen LogP contribution in [0.1, 0.15) is 19.3 Å². The average Bonchev–Trinajstić information content (AvgIpc) is 2.86. The second-order valence-electron chi connectivity index (χ2n) is 4.89. The van der Waals surface area contributed by atoms with Crippen molar-refractivity contribution in [2.45, 2.75) is 25.3 Å². The first-order valence-corrected chi connectivity index (χ1v) is 6.41. The molecule has 0 aromatic rings. The molecule has 2 saturated heterocycles. The average molecular weight is 237 g/mol. The third-order valence-electron chi connectivity index (χ3n) is 3.71. The molecule has 0 aromatic carbocycles. The number of carbonyl (C=O) groups excluding carboxylic acids is 1. The lowest BCUT2D eigenvalue weighted by Crippen LogP contribution is -2.59. The van der Waals surface area contributed by atoms with Gasteiger partial charge in [0.25, 0.3) is 0 Å². The normalized spacial score (nSPS) is 28.5. The van der Waals surface area contributed by atoms with Gasteiger partial charge in [0.15, 0.2) is 0 Å². The molecule has 2 N–H and O–H groups in total. The molecule has 0 aliphatic carbocycles. The summed E-state index contributed by atoms with van der Waals surface area (Å²) in [7, 11) is 0. The maximum absolute atomic E-state index is 12.3. The SMILES string of the molecule is O=C(C1CN2CNN=C2CN1)N1CCCCC1. The number of amidine groups is 1. The van der Waals surface area contributed by atoms with Crippen molar-refractivity contribution >= 4 is 11.7 Å². The molecule has 1 atom stereocenters. The Kier molecular flexibility index (Phi) is 2.88. The molecule has 3 aliphatic rings. The molecule has 3 heterocycles. The second kappa shape index (κ2) is 4.52. The Balaban J connectivity index is 1.60. The molecule has 0 bridgehead atoms. The van der Waals surface area contributed by atoms with Gasteiger partial charge in [-0.25, -0.2) is 0 Å².